The van der Waals surface area contributed by atoms with Crippen LogP contribution >= 0.6 is 15.9 Å². The molecule has 112 valence electrons. The molecule has 0 aliphatic heterocycles. The summed E-state index contributed by atoms with van der Waals surface area (Å²) in [6.07, 6.45) is 3.06. The summed E-state index contributed by atoms with van der Waals surface area (Å²) in [4.78, 5) is 23.5. The molecule has 0 radical (unpaired) electrons. The maximum absolute atomic E-state index is 12.1. The van der Waals surface area contributed by atoms with Gasteiger partial charge in [-0.2, -0.15) is 9.78 Å². The number of carbonyl (C=O) groups is 1. The number of nitrogens with zero attached hydrogens (tertiary/aromatic N) is 6. The molecule has 10 heteroatoms. The summed E-state index contributed by atoms with van der Waals surface area (Å²) >= 11 is 3.37. The molecule has 0 saturated carbocycles. The Labute approximate surface area is 128 Å². The van der Waals surface area contributed by atoms with Crippen LogP contribution in [-0.4, -0.2) is 42.3 Å². The van der Waals surface area contributed by atoms with E-state index in [1.807, 2.05) is 0 Å². The van der Waals surface area contributed by atoms with Crippen LogP contribution in [0.15, 0.2) is 22.9 Å². The molecule has 2 heterocycles. The van der Waals surface area contributed by atoms with E-state index in [-0.39, 0.29) is 18.3 Å². The van der Waals surface area contributed by atoms with Gasteiger partial charge in [0.1, 0.15) is 6.54 Å². The van der Waals surface area contributed by atoms with Crippen molar-refractivity contribution in [2.75, 3.05) is 7.05 Å². The normalized spacial score (nSPS) is 10.6. The van der Waals surface area contributed by atoms with Crippen molar-refractivity contribution in [3.8, 4) is 0 Å². The highest BCUT2D eigenvalue weighted by molar-refractivity contribution is 9.10. The minimum atomic E-state index is -0.600. The van der Waals surface area contributed by atoms with E-state index in [0.717, 1.165) is 10.2 Å². The van der Waals surface area contributed by atoms with E-state index in [1.54, 1.807) is 25.0 Å². The molecule has 0 fully saturated rings. The highest BCUT2D eigenvalue weighted by atomic mass is 79.9. The highest BCUT2D eigenvalue weighted by Crippen LogP contribution is 2.16. The summed E-state index contributed by atoms with van der Waals surface area (Å²) in [7, 11) is 3.44. The van der Waals surface area contributed by atoms with E-state index in [1.165, 1.54) is 21.8 Å². The molecule has 0 spiro atoms. The number of halogens is 1. The minimum Gasteiger partial charge on any atom is -0.358 e. The third-order valence-electron chi connectivity index (χ3n) is 2.93. The van der Waals surface area contributed by atoms with Crippen molar-refractivity contribution in [1.82, 2.24) is 24.5 Å². The Hall–Kier alpha value is -2.23. The van der Waals surface area contributed by atoms with Gasteiger partial charge in [0.15, 0.2) is 0 Å². The fraction of sp³-hybridized carbons (Fsp3) is 0.364. The van der Waals surface area contributed by atoms with Gasteiger partial charge in [0.25, 0.3) is 0 Å². The van der Waals surface area contributed by atoms with Crippen molar-refractivity contribution >= 4 is 27.7 Å². The van der Waals surface area contributed by atoms with Gasteiger partial charge in [-0.25, -0.2) is 0 Å². The summed E-state index contributed by atoms with van der Waals surface area (Å²) in [5, 5.41) is 18.3. The molecule has 2 aromatic heterocycles. The van der Waals surface area contributed by atoms with Crippen molar-refractivity contribution in [3.63, 3.8) is 0 Å². The zero-order valence-electron chi connectivity index (χ0n) is 11.4. The van der Waals surface area contributed by atoms with E-state index < -0.39 is 4.92 Å². The van der Waals surface area contributed by atoms with Crippen LogP contribution in [0.1, 0.15) is 5.69 Å². The third kappa shape index (κ3) is 3.45. The van der Waals surface area contributed by atoms with Crippen molar-refractivity contribution in [2.45, 2.75) is 13.1 Å². The molecule has 0 aliphatic rings. The van der Waals surface area contributed by atoms with Crippen LogP contribution < -0.4 is 0 Å². The maximum atomic E-state index is 12.1. The monoisotopic (exact) mass is 356 g/mol. The number of aryl methyl sites for hydroxylation is 1. The van der Waals surface area contributed by atoms with Gasteiger partial charge in [-0.3, -0.25) is 9.48 Å². The van der Waals surface area contributed by atoms with Crippen LogP contribution in [0.25, 0.3) is 0 Å². The number of hydrogen-bond acceptors (Lipinski definition) is 5. The standard InChI is InChI=1S/C11H13BrN6O3/c1-15(6-9-8(12)5-13-16(9)2)11(19)7-17-4-3-10(14-17)18(20)21/h3-5H,6-7H2,1-2H3. The van der Waals surface area contributed by atoms with Crippen molar-refractivity contribution in [1.29, 1.82) is 0 Å². The Morgan fingerprint density at radius 3 is 2.81 bits per heavy atom. The van der Waals surface area contributed by atoms with Crippen LogP contribution in [-0.2, 0) is 24.9 Å². The first-order valence-corrected chi connectivity index (χ1v) is 6.76. The number of carbonyl (C=O) groups excluding carboxylic acids is 1. The molecular weight excluding hydrogens is 344 g/mol. The van der Waals surface area contributed by atoms with Gasteiger partial charge in [-0.15, -0.1) is 0 Å². The Kier molecular flexibility index (Phi) is 4.36. The van der Waals surface area contributed by atoms with Gasteiger partial charge in [0.2, 0.25) is 5.91 Å². The van der Waals surface area contributed by atoms with Crippen LogP contribution in [0, 0.1) is 10.1 Å². The van der Waals surface area contributed by atoms with Gasteiger partial charge in [0.05, 0.1) is 40.3 Å². The van der Waals surface area contributed by atoms with Gasteiger partial charge in [-0.05, 0) is 20.9 Å². The molecule has 0 unspecified atom stereocenters. The Morgan fingerprint density at radius 1 is 1.57 bits per heavy atom. The Bertz CT molecular complexity index is 660. The van der Waals surface area contributed by atoms with Gasteiger partial charge in [0, 0.05) is 14.1 Å². The van der Waals surface area contributed by atoms with Crippen LogP contribution in [0.5, 0.6) is 0 Å². The van der Waals surface area contributed by atoms with Crippen molar-refractivity contribution in [3.05, 3.63) is 38.7 Å². The number of rotatable bonds is 5. The lowest BCUT2D eigenvalue weighted by Gasteiger charge is -2.16. The second-order valence-corrected chi connectivity index (χ2v) is 5.30. The molecule has 0 aliphatic carbocycles. The third-order valence-corrected chi connectivity index (χ3v) is 3.60. The van der Waals surface area contributed by atoms with E-state index in [4.69, 9.17) is 0 Å². The topological polar surface area (TPSA) is 99.1 Å². The lowest BCUT2D eigenvalue weighted by molar-refractivity contribution is -0.389. The molecular formula is C11H13BrN6O3. The number of aromatic nitrogens is 4. The molecule has 21 heavy (non-hydrogen) atoms. The van der Waals surface area contributed by atoms with Gasteiger partial charge in [-0.1, -0.05) is 0 Å². The summed E-state index contributed by atoms with van der Waals surface area (Å²) in [5.41, 5.74) is 0.859. The number of likely N-dealkylation sites (N-methyl/N-ethyl adjacent to an activating group) is 1. The maximum Gasteiger partial charge on any atom is 0.389 e. The van der Waals surface area contributed by atoms with E-state index >= 15 is 0 Å². The summed E-state index contributed by atoms with van der Waals surface area (Å²) in [6.45, 7) is 0.319. The molecule has 0 bridgehead atoms. The minimum absolute atomic E-state index is 0.0557. The van der Waals surface area contributed by atoms with E-state index in [2.05, 4.69) is 26.1 Å². The number of hydrogen-bond donors (Lipinski definition) is 0. The molecule has 1 amide bonds. The van der Waals surface area contributed by atoms with Crippen molar-refractivity contribution < 1.29 is 9.72 Å². The second-order valence-electron chi connectivity index (χ2n) is 4.44. The average Bonchev–Trinajstić information content (AvgIpc) is 3.00. The summed E-state index contributed by atoms with van der Waals surface area (Å²) in [5.74, 6) is -0.485. The predicted octanol–water partition coefficient (Wildman–Crippen LogP) is 0.946. The van der Waals surface area contributed by atoms with E-state index in [9.17, 15) is 14.9 Å². The second kappa shape index (κ2) is 6.04. The fourth-order valence-corrected chi connectivity index (χ4v) is 2.20. The Balaban J connectivity index is 2.01. The molecule has 2 rings (SSSR count). The van der Waals surface area contributed by atoms with Crippen molar-refractivity contribution in [2.24, 2.45) is 7.05 Å². The molecule has 0 saturated heterocycles. The summed E-state index contributed by atoms with van der Waals surface area (Å²) < 4.78 is 3.74. The van der Waals surface area contributed by atoms with Gasteiger partial charge >= 0.3 is 5.82 Å². The molecule has 0 atom stereocenters. The molecule has 0 aromatic carbocycles. The van der Waals surface area contributed by atoms with Crippen LogP contribution in [0.3, 0.4) is 0 Å². The molecule has 9 nitrogen and oxygen atoms in total. The number of nitro groups is 1. The molecule has 2 aromatic rings. The molecule has 0 N–H and O–H groups in total. The average molecular weight is 357 g/mol. The predicted molar refractivity (Wildman–Crippen MR) is 76.3 cm³/mol. The lowest BCUT2D eigenvalue weighted by atomic mass is 10.4. The fourth-order valence-electron chi connectivity index (χ4n) is 1.72. The Morgan fingerprint density at radius 2 is 2.29 bits per heavy atom. The van der Waals surface area contributed by atoms with Crippen LogP contribution in [0.2, 0.25) is 0 Å². The number of amides is 1. The first kappa shape index (κ1) is 15.2. The quantitative estimate of drug-likeness (QED) is 0.586. The van der Waals surface area contributed by atoms with Gasteiger partial charge < -0.3 is 15.0 Å². The highest BCUT2D eigenvalue weighted by Gasteiger charge is 2.17. The lowest BCUT2D eigenvalue weighted by Crippen LogP contribution is -2.30. The zero-order valence-corrected chi connectivity index (χ0v) is 13.0. The smallest absolute Gasteiger partial charge is 0.358 e. The SMILES string of the molecule is CN(Cc1c(Br)cnn1C)C(=O)Cn1ccc([N+](=O)[O-])n1. The van der Waals surface area contributed by atoms with Crippen LogP contribution in [0.4, 0.5) is 5.82 Å². The summed E-state index contributed by atoms with van der Waals surface area (Å²) in [6, 6.07) is 1.25. The zero-order chi connectivity index (χ0) is 15.6. The first-order valence-electron chi connectivity index (χ1n) is 5.96. The van der Waals surface area contributed by atoms with E-state index in [0.29, 0.717) is 6.54 Å². The first-order chi connectivity index (χ1) is 9.88. The largest absolute Gasteiger partial charge is 0.389 e.